The lowest BCUT2D eigenvalue weighted by Crippen LogP contribution is -2.23. The molecule has 106 valence electrons. The molecule has 0 aromatic rings. The highest BCUT2D eigenvalue weighted by Crippen LogP contribution is 2.42. The molecule has 0 fully saturated rings. The number of hydrogen-bond donors (Lipinski definition) is 1. The average molecular weight is 276 g/mol. The van der Waals surface area contributed by atoms with E-state index in [2.05, 4.69) is 79.8 Å². The molecule has 0 amide bonds. The lowest BCUT2D eigenvalue weighted by molar-refractivity contribution is 0.472. The van der Waals surface area contributed by atoms with Crippen LogP contribution in [0, 0.1) is 5.92 Å². The molecule has 21 heavy (non-hydrogen) atoms. The third-order valence-corrected chi connectivity index (χ3v) is 4.76. The van der Waals surface area contributed by atoms with Crippen LogP contribution in [-0.2, 0) is 0 Å². The molecule has 2 atom stereocenters. The van der Waals surface area contributed by atoms with E-state index < -0.39 is 0 Å². The minimum Gasteiger partial charge on any atom is -0.380 e. The summed E-state index contributed by atoms with van der Waals surface area (Å²) in [5.74, 6) is 0.384. The molecule has 4 aliphatic rings. The van der Waals surface area contributed by atoms with Crippen LogP contribution < -0.4 is 5.32 Å². The van der Waals surface area contributed by atoms with Gasteiger partial charge in [-0.15, -0.1) is 0 Å². The van der Waals surface area contributed by atoms with E-state index in [0.717, 1.165) is 0 Å². The van der Waals surface area contributed by atoms with E-state index in [0.29, 0.717) is 12.0 Å². The van der Waals surface area contributed by atoms with Gasteiger partial charge in [-0.2, -0.15) is 0 Å². The van der Waals surface area contributed by atoms with Crippen molar-refractivity contribution in [1.29, 1.82) is 0 Å². The monoisotopic (exact) mass is 276 g/mol. The van der Waals surface area contributed by atoms with E-state index in [1.807, 2.05) is 0 Å². The average Bonchev–Trinajstić information content (AvgIpc) is 3.06. The fraction of sp³-hybridized carbons (Fsp3) is 0.263. The Bertz CT molecular complexity index is 721. The molecule has 1 aliphatic heterocycles. The van der Waals surface area contributed by atoms with E-state index in [1.54, 1.807) is 0 Å². The van der Waals surface area contributed by atoms with Gasteiger partial charge in [0.15, 0.2) is 0 Å². The van der Waals surface area contributed by atoms with Gasteiger partial charge in [-0.05, 0) is 29.7 Å². The normalized spacial score (nSPS) is 28.7. The molecular weight excluding hydrogens is 256 g/mol. The van der Waals surface area contributed by atoms with Crippen molar-refractivity contribution in [2.45, 2.75) is 13.0 Å². The lowest BCUT2D eigenvalue weighted by Gasteiger charge is -2.24. The number of hydrogen-bond acceptors (Lipinski definition) is 2. The number of nitrogens with one attached hydrogen (secondary N) is 1. The zero-order chi connectivity index (χ0) is 14.6. The van der Waals surface area contributed by atoms with Gasteiger partial charge < -0.3 is 10.2 Å². The summed E-state index contributed by atoms with van der Waals surface area (Å²) in [7, 11) is 4.27. The minimum atomic E-state index is 0.320. The van der Waals surface area contributed by atoms with Crippen LogP contribution in [0.25, 0.3) is 0 Å². The van der Waals surface area contributed by atoms with Crippen LogP contribution in [-0.4, -0.2) is 25.0 Å². The highest BCUT2D eigenvalue weighted by molar-refractivity contribution is 5.65. The zero-order valence-corrected chi connectivity index (χ0v) is 12.7. The Balaban J connectivity index is 1.97. The van der Waals surface area contributed by atoms with Crippen molar-refractivity contribution in [3.8, 4) is 0 Å². The molecular formula is C19H20N2. The maximum absolute atomic E-state index is 3.69. The third-order valence-electron chi connectivity index (χ3n) is 4.76. The predicted molar refractivity (Wildman–Crippen MR) is 87.4 cm³/mol. The van der Waals surface area contributed by atoms with Crippen molar-refractivity contribution in [3.63, 3.8) is 0 Å². The first kappa shape index (κ1) is 12.5. The van der Waals surface area contributed by atoms with Gasteiger partial charge in [0, 0.05) is 37.0 Å². The minimum absolute atomic E-state index is 0.320. The van der Waals surface area contributed by atoms with Gasteiger partial charge in [0.2, 0.25) is 0 Å². The van der Waals surface area contributed by atoms with Crippen LogP contribution in [0.4, 0.5) is 0 Å². The summed E-state index contributed by atoms with van der Waals surface area (Å²) < 4.78 is 0. The molecule has 0 spiro atoms. The Labute approximate surface area is 126 Å². The first-order valence-corrected chi connectivity index (χ1v) is 7.51. The second-order valence-electron chi connectivity index (χ2n) is 6.18. The highest BCUT2D eigenvalue weighted by Gasteiger charge is 2.33. The van der Waals surface area contributed by atoms with Crippen molar-refractivity contribution in [1.82, 2.24) is 10.2 Å². The molecule has 2 heteroatoms. The maximum atomic E-state index is 3.69. The molecule has 0 bridgehead atoms. The summed E-state index contributed by atoms with van der Waals surface area (Å²) >= 11 is 0. The van der Waals surface area contributed by atoms with Crippen LogP contribution in [0.5, 0.6) is 0 Å². The standard InChI is InChI=1S/C19H20N2/c1-12-13-8-6-9-15(13)18(21(2)3)11-16-14-7-4-5-10-17(14)20-19(12)16/h4-11,15,17,20H,1-3H3. The number of nitrogens with zero attached hydrogens (tertiary/aromatic N) is 1. The molecule has 0 aromatic carbocycles. The summed E-state index contributed by atoms with van der Waals surface area (Å²) in [6, 6.07) is 0.320. The van der Waals surface area contributed by atoms with Crippen LogP contribution in [0.3, 0.4) is 0 Å². The van der Waals surface area contributed by atoms with Crippen LogP contribution >= 0.6 is 0 Å². The molecule has 1 N–H and O–H groups in total. The van der Waals surface area contributed by atoms with E-state index in [9.17, 15) is 0 Å². The molecule has 2 nitrogen and oxygen atoms in total. The van der Waals surface area contributed by atoms with E-state index in [4.69, 9.17) is 0 Å². The second kappa shape index (κ2) is 4.39. The SMILES string of the molecule is CC1=C2NC3C=CC=CC3=C2C=C(N(C)C)C2C=CC=C12. The Morgan fingerprint density at radius 2 is 1.95 bits per heavy atom. The van der Waals surface area contributed by atoms with Crippen molar-refractivity contribution >= 4 is 0 Å². The van der Waals surface area contributed by atoms with Gasteiger partial charge in [0.05, 0.1) is 6.04 Å². The molecule has 1 heterocycles. The summed E-state index contributed by atoms with van der Waals surface area (Å²) in [4.78, 5) is 2.24. The molecule has 4 rings (SSSR count). The third kappa shape index (κ3) is 1.72. The molecule has 0 saturated heterocycles. The van der Waals surface area contributed by atoms with Gasteiger partial charge in [0.1, 0.15) is 0 Å². The number of fused-ring (bicyclic) bond motifs is 3. The van der Waals surface area contributed by atoms with Crippen molar-refractivity contribution in [3.05, 3.63) is 82.3 Å². The summed E-state index contributed by atoms with van der Waals surface area (Å²) in [5.41, 5.74) is 8.18. The van der Waals surface area contributed by atoms with E-state index in [1.165, 1.54) is 33.7 Å². The fourth-order valence-electron chi connectivity index (χ4n) is 3.65. The molecule has 2 unspecified atom stereocenters. The van der Waals surface area contributed by atoms with Gasteiger partial charge >= 0.3 is 0 Å². The van der Waals surface area contributed by atoms with Gasteiger partial charge in [-0.25, -0.2) is 0 Å². The molecule has 0 saturated carbocycles. The highest BCUT2D eigenvalue weighted by atomic mass is 15.1. The largest absolute Gasteiger partial charge is 0.380 e. The van der Waals surface area contributed by atoms with Gasteiger partial charge in [-0.1, -0.05) is 42.5 Å². The van der Waals surface area contributed by atoms with Crippen LogP contribution in [0.15, 0.2) is 82.3 Å². The van der Waals surface area contributed by atoms with Crippen LogP contribution in [0.1, 0.15) is 6.92 Å². The zero-order valence-electron chi connectivity index (χ0n) is 12.7. The summed E-state index contributed by atoms with van der Waals surface area (Å²) in [5, 5.41) is 3.69. The van der Waals surface area contributed by atoms with Gasteiger partial charge in [0.25, 0.3) is 0 Å². The Hall–Kier alpha value is -2.22. The Kier molecular flexibility index (Phi) is 2.61. The molecule has 0 radical (unpaired) electrons. The van der Waals surface area contributed by atoms with Crippen LogP contribution in [0.2, 0.25) is 0 Å². The maximum Gasteiger partial charge on any atom is 0.0707 e. The quantitative estimate of drug-likeness (QED) is 0.791. The van der Waals surface area contributed by atoms with Crippen molar-refractivity contribution in [2.24, 2.45) is 5.92 Å². The first-order chi connectivity index (χ1) is 10.2. The number of rotatable bonds is 1. The van der Waals surface area contributed by atoms with Gasteiger partial charge in [-0.3, -0.25) is 0 Å². The van der Waals surface area contributed by atoms with Crippen molar-refractivity contribution < 1.29 is 0 Å². The van der Waals surface area contributed by atoms with E-state index >= 15 is 0 Å². The Morgan fingerprint density at radius 1 is 1.10 bits per heavy atom. The topological polar surface area (TPSA) is 15.3 Å². The fourth-order valence-corrected chi connectivity index (χ4v) is 3.65. The molecule has 3 aliphatic carbocycles. The number of allylic oxidation sites excluding steroid dienone is 7. The van der Waals surface area contributed by atoms with E-state index in [-0.39, 0.29) is 0 Å². The Morgan fingerprint density at radius 3 is 2.76 bits per heavy atom. The summed E-state index contributed by atoms with van der Waals surface area (Å²) in [6.45, 7) is 2.24. The van der Waals surface area contributed by atoms with Crippen molar-refractivity contribution in [2.75, 3.05) is 14.1 Å². The lowest BCUT2D eigenvalue weighted by atomic mass is 9.94. The molecule has 0 aromatic heterocycles. The first-order valence-electron chi connectivity index (χ1n) is 7.51. The second-order valence-corrected chi connectivity index (χ2v) is 6.18. The predicted octanol–water partition coefficient (Wildman–Crippen LogP) is 3.23. The smallest absolute Gasteiger partial charge is 0.0707 e. The summed E-state index contributed by atoms with van der Waals surface area (Å²) in [6.07, 6.45) is 17.8.